The number of furan rings is 1. The molecule has 0 saturated carbocycles. The van der Waals surface area contributed by atoms with Crippen LogP contribution in [0.25, 0.3) is 11.0 Å². The number of aromatic nitrogens is 3. The molecule has 4 rings (SSSR count). The molecule has 0 aliphatic rings. The van der Waals surface area contributed by atoms with Gasteiger partial charge in [-0.2, -0.15) is 15.0 Å². The maximum absolute atomic E-state index is 12.7. The number of nitrogens with two attached hydrogens (primary N) is 1. The van der Waals surface area contributed by atoms with Gasteiger partial charge in [0.2, 0.25) is 17.7 Å². The lowest BCUT2D eigenvalue weighted by atomic mass is 10.1. The highest BCUT2D eigenvalue weighted by atomic mass is 16.5. The van der Waals surface area contributed by atoms with E-state index in [0.717, 1.165) is 11.1 Å². The predicted octanol–water partition coefficient (Wildman–Crippen LogP) is 3.84. The first kappa shape index (κ1) is 20.3. The van der Waals surface area contributed by atoms with Crippen molar-refractivity contribution in [2.24, 2.45) is 0 Å². The fourth-order valence-electron chi connectivity index (χ4n) is 3.02. The Morgan fingerprint density at radius 1 is 1.03 bits per heavy atom. The molecule has 3 N–H and O–H groups in total. The Kier molecular flexibility index (Phi) is 6.04. The lowest BCUT2D eigenvalue weighted by molar-refractivity contribution is 0.0419. The number of ether oxygens (including phenoxy) is 2. The zero-order chi connectivity index (χ0) is 21.6. The number of nitrogen functional groups attached to an aromatic ring is 1. The van der Waals surface area contributed by atoms with Gasteiger partial charge in [-0.15, -0.1) is 0 Å². The fourth-order valence-corrected chi connectivity index (χ4v) is 3.02. The van der Waals surface area contributed by atoms with Crippen molar-refractivity contribution in [1.29, 1.82) is 0 Å². The highest BCUT2D eigenvalue weighted by Crippen LogP contribution is 2.27. The Morgan fingerprint density at radius 3 is 2.61 bits per heavy atom. The van der Waals surface area contributed by atoms with Crippen molar-refractivity contribution in [3.8, 4) is 0 Å². The first-order valence-electron chi connectivity index (χ1n) is 9.72. The number of benzene rings is 2. The van der Waals surface area contributed by atoms with E-state index >= 15 is 0 Å². The Morgan fingerprint density at radius 2 is 1.81 bits per heavy atom. The molecule has 0 bridgehead atoms. The summed E-state index contributed by atoms with van der Waals surface area (Å²) in [4.78, 5) is 25.1. The number of fused-ring (bicyclic) bond motifs is 1. The van der Waals surface area contributed by atoms with Crippen molar-refractivity contribution in [3.63, 3.8) is 0 Å². The Bertz CT molecular complexity index is 1190. The van der Waals surface area contributed by atoms with Crippen LogP contribution < -0.4 is 11.1 Å². The number of nitrogens with one attached hydrogen (secondary N) is 1. The molecule has 0 aliphatic heterocycles. The molecule has 0 fully saturated rings. The number of carbonyl (C=O) groups excluding carboxylic acids is 1. The van der Waals surface area contributed by atoms with Gasteiger partial charge in [0.1, 0.15) is 5.58 Å². The van der Waals surface area contributed by atoms with E-state index in [1.54, 1.807) is 6.07 Å². The lowest BCUT2D eigenvalue weighted by Gasteiger charge is -2.08. The summed E-state index contributed by atoms with van der Waals surface area (Å²) in [5, 5.41) is 3.84. The van der Waals surface area contributed by atoms with Crippen LogP contribution in [-0.2, 0) is 22.7 Å². The standard InChI is InChI=1S/C22H21N5O4/c1-2-29-12-16-15-10-6-7-11-17(15)31-19(16)20(28)30-13-18-25-21(23)27-22(26-18)24-14-8-4-3-5-9-14/h3-11H,2,12-13H2,1H3,(H3,23,24,25,26,27). The van der Waals surface area contributed by atoms with Crippen molar-refractivity contribution < 1.29 is 18.7 Å². The highest BCUT2D eigenvalue weighted by molar-refractivity contribution is 5.96. The van der Waals surface area contributed by atoms with Crippen LogP contribution in [-0.4, -0.2) is 27.5 Å². The molecule has 2 aromatic heterocycles. The number of esters is 1. The molecular weight excluding hydrogens is 398 g/mol. The van der Waals surface area contributed by atoms with Crippen molar-refractivity contribution in [1.82, 2.24) is 15.0 Å². The summed E-state index contributed by atoms with van der Waals surface area (Å²) in [6.45, 7) is 2.43. The SMILES string of the molecule is CCOCc1c(C(=O)OCc2nc(N)nc(Nc3ccccc3)n2)oc2ccccc12. The molecule has 158 valence electrons. The third-order valence-corrected chi connectivity index (χ3v) is 4.40. The quantitative estimate of drug-likeness (QED) is 0.410. The maximum atomic E-state index is 12.7. The number of rotatable bonds is 8. The molecule has 0 spiro atoms. The molecule has 0 atom stereocenters. The number of anilines is 3. The minimum absolute atomic E-state index is 0.0141. The summed E-state index contributed by atoms with van der Waals surface area (Å²) in [7, 11) is 0. The van der Waals surface area contributed by atoms with Gasteiger partial charge in [0, 0.05) is 23.2 Å². The van der Waals surface area contributed by atoms with E-state index in [9.17, 15) is 4.79 Å². The highest BCUT2D eigenvalue weighted by Gasteiger charge is 2.22. The lowest BCUT2D eigenvalue weighted by Crippen LogP contribution is -2.12. The molecule has 2 aromatic carbocycles. The fraction of sp³-hybridized carbons (Fsp3) is 0.182. The van der Waals surface area contributed by atoms with Gasteiger partial charge in [-0.05, 0) is 25.1 Å². The van der Waals surface area contributed by atoms with E-state index in [0.29, 0.717) is 17.8 Å². The normalized spacial score (nSPS) is 10.9. The van der Waals surface area contributed by atoms with E-state index in [1.165, 1.54) is 0 Å². The first-order valence-corrected chi connectivity index (χ1v) is 9.72. The van der Waals surface area contributed by atoms with Gasteiger partial charge in [-0.1, -0.05) is 36.4 Å². The molecule has 9 nitrogen and oxygen atoms in total. The summed E-state index contributed by atoms with van der Waals surface area (Å²) in [5.41, 5.74) is 7.80. The van der Waals surface area contributed by atoms with Crippen LogP contribution in [0, 0.1) is 0 Å². The van der Waals surface area contributed by atoms with E-state index in [-0.39, 0.29) is 36.7 Å². The average molecular weight is 419 g/mol. The van der Waals surface area contributed by atoms with Crippen LogP contribution in [0.4, 0.5) is 17.6 Å². The molecule has 0 saturated heterocycles. The topological polar surface area (TPSA) is 125 Å². The summed E-state index contributed by atoms with van der Waals surface area (Å²) in [5.74, 6) is -0.0608. The summed E-state index contributed by atoms with van der Waals surface area (Å²) in [6, 6.07) is 16.7. The Balaban J connectivity index is 1.51. The number of hydrogen-bond donors (Lipinski definition) is 2. The second-order valence-electron chi connectivity index (χ2n) is 6.54. The Labute approximate surface area is 178 Å². The van der Waals surface area contributed by atoms with Crippen molar-refractivity contribution in [2.75, 3.05) is 17.7 Å². The monoisotopic (exact) mass is 419 g/mol. The summed E-state index contributed by atoms with van der Waals surface area (Å²) >= 11 is 0. The third kappa shape index (κ3) is 4.78. The van der Waals surface area contributed by atoms with Crippen molar-refractivity contribution in [3.05, 3.63) is 71.7 Å². The summed E-state index contributed by atoms with van der Waals surface area (Å²) < 4.78 is 16.6. The average Bonchev–Trinajstić information content (AvgIpc) is 3.15. The molecule has 0 amide bonds. The minimum Gasteiger partial charge on any atom is -0.452 e. The second kappa shape index (κ2) is 9.23. The number of nitrogens with zero attached hydrogens (tertiary/aromatic N) is 3. The van der Waals surface area contributed by atoms with Gasteiger partial charge in [0.15, 0.2) is 12.4 Å². The van der Waals surface area contributed by atoms with Gasteiger partial charge >= 0.3 is 5.97 Å². The third-order valence-electron chi connectivity index (χ3n) is 4.40. The molecular formula is C22H21N5O4. The first-order chi connectivity index (χ1) is 15.1. The van der Waals surface area contributed by atoms with Crippen LogP contribution in [0.2, 0.25) is 0 Å². The van der Waals surface area contributed by atoms with Gasteiger partial charge in [-0.3, -0.25) is 0 Å². The smallest absolute Gasteiger partial charge is 0.375 e. The largest absolute Gasteiger partial charge is 0.452 e. The Hall–Kier alpha value is -3.98. The van der Waals surface area contributed by atoms with Crippen LogP contribution in [0.3, 0.4) is 0 Å². The van der Waals surface area contributed by atoms with Crippen LogP contribution >= 0.6 is 0 Å². The molecule has 31 heavy (non-hydrogen) atoms. The number of para-hydroxylation sites is 2. The van der Waals surface area contributed by atoms with Crippen molar-refractivity contribution in [2.45, 2.75) is 20.1 Å². The van der Waals surface area contributed by atoms with E-state index in [4.69, 9.17) is 19.6 Å². The predicted molar refractivity (Wildman–Crippen MR) is 115 cm³/mol. The van der Waals surface area contributed by atoms with Gasteiger partial charge in [0.25, 0.3) is 0 Å². The molecule has 9 heteroatoms. The zero-order valence-corrected chi connectivity index (χ0v) is 16.9. The van der Waals surface area contributed by atoms with Crippen molar-refractivity contribution >= 4 is 34.5 Å². The van der Waals surface area contributed by atoms with E-state index in [2.05, 4.69) is 20.3 Å². The summed E-state index contributed by atoms with van der Waals surface area (Å²) in [6.07, 6.45) is 0. The van der Waals surface area contributed by atoms with Crippen LogP contribution in [0.15, 0.2) is 59.0 Å². The van der Waals surface area contributed by atoms with Gasteiger partial charge in [-0.25, -0.2) is 4.79 Å². The van der Waals surface area contributed by atoms with E-state index in [1.807, 2.05) is 55.5 Å². The second-order valence-corrected chi connectivity index (χ2v) is 6.54. The maximum Gasteiger partial charge on any atom is 0.375 e. The van der Waals surface area contributed by atoms with E-state index < -0.39 is 5.97 Å². The zero-order valence-electron chi connectivity index (χ0n) is 16.9. The molecule has 0 unspecified atom stereocenters. The molecule has 0 aliphatic carbocycles. The number of carbonyl (C=O) groups is 1. The van der Waals surface area contributed by atoms with Crippen LogP contribution in [0.1, 0.15) is 28.9 Å². The van der Waals surface area contributed by atoms with Crippen LogP contribution in [0.5, 0.6) is 0 Å². The molecule has 0 radical (unpaired) electrons. The molecule has 2 heterocycles. The number of hydrogen-bond acceptors (Lipinski definition) is 9. The van der Waals surface area contributed by atoms with Gasteiger partial charge in [0.05, 0.1) is 6.61 Å². The minimum atomic E-state index is -0.637. The van der Waals surface area contributed by atoms with Gasteiger partial charge < -0.3 is 24.9 Å². The molecule has 4 aromatic rings.